The number of amides is 1. The van der Waals surface area contributed by atoms with Crippen LogP contribution in [0.2, 0.25) is 0 Å². The molecule has 9 heteroatoms. The summed E-state index contributed by atoms with van der Waals surface area (Å²) in [7, 11) is -3.81. The van der Waals surface area contributed by atoms with Crippen LogP contribution in [-0.4, -0.2) is 44.9 Å². The highest BCUT2D eigenvalue weighted by molar-refractivity contribution is 7.89. The maximum absolute atomic E-state index is 12.7. The van der Waals surface area contributed by atoms with E-state index < -0.39 is 34.1 Å². The minimum atomic E-state index is -3.81. The number of ketones is 1. The third kappa shape index (κ3) is 5.34. The Bertz CT molecular complexity index is 722. The van der Waals surface area contributed by atoms with Crippen LogP contribution >= 0.6 is 11.3 Å². The second kappa shape index (κ2) is 7.53. The molecule has 140 valence electrons. The Kier molecular flexibility index (Phi) is 6.03. The van der Waals surface area contributed by atoms with Gasteiger partial charge >= 0.3 is 0 Å². The molecule has 0 radical (unpaired) electrons. The van der Waals surface area contributed by atoms with Gasteiger partial charge in [0.05, 0.1) is 11.0 Å². The lowest BCUT2D eigenvalue weighted by Gasteiger charge is -2.27. The van der Waals surface area contributed by atoms with Crippen molar-refractivity contribution < 1.29 is 22.7 Å². The number of carbonyl (C=O) groups is 2. The topological polar surface area (TPSA) is 102 Å². The molecule has 2 heterocycles. The molecule has 1 saturated heterocycles. The quantitative estimate of drug-likeness (QED) is 0.765. The first kappa shape index (κ1) is 20.0. The summed E-state index contributed by atoms with van der Waals surface area (Å²) in [5, 5.41) is 5.79. The molecular formula is C16H24N2O5S2. The van der Waals surface area contributed by atoms with E-state index in [9.17, 15) is 18.0 Å². The largest absolute Gasteiger partial charge is 0.368 e. The highest BCUT2D eigenvalue weighted by atomic mass is 32.2. The summed E-state index contributed by atoms with van der Waals surface area (Å²) < 4.78 is 32.7. The zero-order chi connectivity index (χ0) is 18.8. The predicted molar refractivity (Wildman–Crippen MR) is 94.9 cm³/mol. The van der Waals surface area contributed by atoms with Crippen molar-refractivity contribution in [2.24, 2.45) is 5.41 Å². The number of sulfonamides is 1. The molecule has 1 fully saturated rings. The second-order valence-electron chi connectivity index (χ2n) is 7.37. The first-order valence-electron chi connectivity index (χ1n) is 7.99. The minimum absolute atomic E-state index is 0.0450. The van der Waals surface area contributed by atoms with Gasteiger partial charge in [0, 0.05) is 5.38 Å². The van der Waals surface area contributed by atoms with Gasteiger partial charge in [-0.1, -0.05) is 20.8 Å². The van der Waals surface area contributed by atoms with E-state index in [0.29, 0.717) is 6.42 Å². The van der Waals surface area contributed by atoms with Crippen LogP contribution < -0.4 is 10.0 Å². The summed E-state index contributed by atoms with van der Waals surface area (Å²) in [6, 6.07) is -0.249. The standard InChI is InChI=1S/C16H24N2O5S2/c1-10-14(13(19)8-23-10)17-15(20)12(7-16(2,3)4)18-25(21,22)11-5-6-24-9-11/h5-6,9-10,12,14,18H,7-8H2,1-4H3,(H,17,20)/t10-,12-,14-/m0/s1. The van der Waals surface area contributed by atoms with Crippen molar-refractivity contribution in [1.29, 1.82) is 0 Å². The zero-order valence-corrected chi connectivity index (χ0v) is 16.4. The third-order valence-electron chi connectivity index (χ3n) is 3.84. The van der Waals surface area contributed by atoms with E-state index >= 15 is 0 Å². The van der Waals surface area contributed by atoms with Gasteiger partial charge < -0.3 is 10.1 Å². The van der Waals surface area contributed by atoms with E-state index in [1.165, 1.54) is 22.8 Å². The number of thiophene rings is 1. The number of Topliss-reactive ketones (excluding diaryl/α,β-unsaturated/α-hetero) is 1. The number of hydrogen-bond donors (Lipinski definition) is 2. The van der Waals surface area contributed by atoms with Crippen LogP contribution in [0.3, 0.4) is 0 Å². The Hall–Kier alpha value is -1.29. The van der Waals surface area contributed by atoms with Crippen molar-refractivity contribution in [2.45, 2.75) is 57.2 Å². The molecule has 2 rings (SSSR count). The van der Waals surface area contributed by atoms with Crippen LogP contribution in [0.15, 0.2) is 21.7 Å². The molecule has 1 aliphatic heterocycles. The summed E-state index contributed by atoms with van der Waals surface area (Å²) >= 11 is 1.26. The van der Waals surface area contributed by atoms with Crippen LogP contribution in [0.1, 0.15) is 34.1 Å². The molecule has 0 aromatic carbocycles. The molecule has 1 aromatic rings. The van der Waals surface area contributed by atoms with E-state index in [2.05, 4.69) is 10.0 Å². The molecule has 1 aliphatic rings. The van der Waals surface area contributed by atoms with Crippen LogP contribution in [0, 0.1) is 5.41 Å². The lowest BCUT2D eigenvalue weighted by atomic mass is 9.88. The fourth-order valence-corrected chi connectivity index (χ4v) is 4.80. The number of ether oxygens (including phenoxy) is 1. The molecule has 0 aliphatic carbocycles. The Balaban J connectivity index is 2.18. The van der Waals surface area contributed by atoms with Crippen molar-refractivity contribution in [3.05, 3.63) is 16.8 Å². The molecule has 1 amide bonds. The molecule has 25 heavy (non-hydrogen) atoms. The van der Waals surface area contributed by atoms with Crippen LogP contribution in [0.5, 0.6) is 0 Å². The van der Waals surface area contributed by atoms with E-state index in [0.717, 1.165) is 0 Å². The molecular weight excluding hydrogens is 364 g/mol. The van der Waals surface area contributed by atoms with Gasteiger partial charge in [-0.05, 0) is 30.2 Å². The van der Waals surface area contributed by atoms with Gasteiger partial charge in [0.1, 0.15) is 18.7 Å². The van der Waals surface area contributed by atoms with E-state index in [1.54, 1.807) is 12.3 Å². The Morgan fingerprint density at radius 3 is 2.60 bits per heavy atom. The van der Waals surface area contributed by atoms with Gasteiger partial charge in [0.25, 0.3) is 0 Å². The first-order valence-corrected chi connectivity index (χ1v) is 10.4. The van der Waals surface area contributed by atoms with Crippen LogP contribution in [-0.2, 0) is 24.3 Å². The maximum atomic E-state index is 12.7. The molecule has 0 saturated carbocycles. The SMILES string of the molecule is C[C@@H]1OCC(=O)[C@H]1NC(=O)[C@H](CC(C)(C)C)NS(=O)(=O)c1ccsc1. The van der Waals surface area contributed by atoms with Crippen LogP contribution in [0.25, 0.3) is 0 Å². The van der Waals surface area contributed by atoms with Crippen LogP contribution in [0.4, 0.5) is 0 Å². The van der Waals surface area contributed by atoms with Crippen molar-refractivity contribution in [1.82, 2.24) is 10.0 Å². The number of hydrogen-bond acceptors (Lipinski definition) is 6. The highest BCUT2D eigenvalue weighted by Crippen LogP contribution is 2.23. The van der Waals surface area contributed by atoms with Gasteiger partial charge in [-0.25, -0.2) is 8.42 Å². The molecule has 7 nitrogen and oxygen atoms in total. The fourth-order valence-electron chi connectivity index (χ4n) is 2.57. The highest BCUT2D eigenvalue weighted by Gasteiger charge is 2.37. The van der Waals surface area contributed by atoms with Crippen molar-refractivity contribution >= 4 is 33.1 Å². The molecule has 1 aromatic heterocycles. The summed E-state index contributed by atoms with van der Waals surface area (Å²) in [6.45, 7) is 7.40. The summed E-state index contributed by atoms with van der Waals surface area (Å²) in [5.41, 5.74) is -0.291. The second-order valence-corrected chi connectivity index (χ2v) is 9.86. The Labute approximate surface area is 152 Å². The van der Waals surface area contributed by atoms with E-state index in [1.807, 2.05) is 20.8 Å². The summed E-state index contributed by atoms with van der Waals surface area (Å²) in [6.07, 6.45) is -0.140. The Morgan fingerprint density at radius 1 is 1.44 bits per heavy atom. The van der Waals surface area contributed by atoms with Gasteiger partial charge in [0.2, 0.25) is 15.9 Å². The molecule has 0 spiro atoms. The van der Waals surface area contributed by atoms with E-state index in [-0.39, 0.29) is 22.7 Å². The van der Waals surface area contributed by atoms with Gasteiger partial charge in [-0.2, -0.15) is 16.1 Å². The van der Waals surface area contributed by atoms with Gasteiger partial charge in [0.15, 0.2) is 5.78 Å². The van der Waals surface area contributed by atoms with E-state index in [4.69, 9.17) is 4.74 Å². The monoisotopic (exact) mass is 388 g/mol. The molecule has 3 atom stereocenters. The molecule has 0 bridgehead atoms. The maximum Gasteiger partial charge on any atom is 0.242 e. The van der Waals surface area contributed by atoms with Gasteiger partial charge in [-0.15, -0.1) is 0 Å². The third-order valence-corrected chi connectivity index (χ3v) is 6.14. The summed E-state index contributed by atoms with van der Waals surface area (Å²) in [4.78, 5) is 24.6. The number of rotatable bonds is 6. The zero-order valence-electron chi connectivity index (χ0n) is 14.7. The smallest absolute Gasteiger partial charge is 0.242 e. The summed E-state index contributed by atoms with van der Waals surface area (Å²) in [5.74, 6) is -0.736. The molecule has 0 unspecified atom stereocenters. The first-order chi connectivity index (χ1) is 11.5. The predicted octanol–water partition coefficient (Wildman–Crippen LogP) is 1.30. The minimum Gasteiger partial charge on any atom is -0.368 e. The molecule has 2 N–H and O–H groups in total. The van der Waals surface area contributed by atoms with Crippen molar-refractivity contribution in [3.63, 3.8) is 0 Å². The fraction of sp³-hybridized carbons (Fsp3) is 0.625. The lowest BCUT2D eigenvalue weighted by molar-refractivity contribution is -0.127. The lowest BCUT2D eigenvalue weighted by Crippen LogP contribution is -2.53. The van der Waals surface area contributed by atoms with Crippen molar-refractivity contribution in [3.8, 4) is 0 Å². The normalized spacial score (nSPS) is 22.8. The number of nitrogens with one attached hydrogen (secondary N) is 2. The van der Waals surface area contributed by atoms with Crippen molar-refractivity contribution in [2.75, 3.05) is 6.61 Å². The average Bonchev–Trinajstić information content (AvgIpc) is 3.11. The average molecular weight is 389 g/mol. The Morgan fingerprint density at radius 2 is 2.12 bits per heavy atom. The van der Waals surface area contributed by atoms with Gasteiger partial charge in [-0.3, -0.25) is 9.59 Å². The number of carbonyl (C=O) groups excluding carboxylic acids is 2.